The molecule has 1 aliphatic carbocycles. The van der Waals surface area contributed by atoms with Crippen LogP contribution in [0.1, 0.15) is 45.4 Å². The average molecular weight is 440 g/mol. The molecule has 1 saturated carbocycles. The molecule has 7 nitrogen and oxygen atoms in total. The number of nitrogens with zero attached hydrogens (tertiary/aromatic N) is 3. The van der Waals surface area contributed by atoms with Gasteiger partial charge in [0.05, 0.1) is 26.6 Å². The smallest absolute Gasteiger partial charge is 0.254 e. The highest BCUT2D eigenvalue weighted by atomic mass is 19.1. The summed E-state index contributed by atoms with van der Waals surface area (Å²) in [5.74, 6) is -0.664. The Morgan fingerprint density at radius 2 is 2.03 bits per heavy atom. The molecule has 0 aliphatic heterocycles. The van der Waals surface area contributed by atoms with E-state index in [9.17, 15) is 14.3 Å². The fraction of sp³-hybridized carbons (Fsp3) is 0.375. The van der Waals surface area contributed by atoms with E-state index in [1.807, 2.05) is 6.07 Å². The molecule has 1 aliphatic rings. The quantitative estimate of drug-likeness (QED) is 0.522. The van der Waals surface area contributed by atoms with Crippen molar-refractivity contribution in [2.45, 2.75) is 45.2 Å². The fourth-order valence-electron chi connectivity index (χ4n) is 3.46. The van der Waals surface area contributed by atoms with Crippen molar-refractivity contribution in [2.24, 2.45) is 7.05 Å². The van der Waals surface area contributed by atoms with Crippen LogP contribution < -0.4 is 10.6 Å². The minimum absolute atomic E-state index is 0.0211. The second kappa shape index (κ2) is 8.35. The summed E-state index contributed by atoms with van der Waals surface area (Å²) in [6.45, 7) is 2.31. The van der Waals surface area contributed by atoms with Crippen molar-refractivity contribution in [3.8, 4) is 22.3 Å². The summed E-state index contributed by atoms with van der Waals surface area (Å²) >= 11 is 0. The molecule has 1 fully saturated rings. The van der Waals surface area contributed by atoms with E-state index in [4.69, 9.17) is 2.74 Å². The zero-order chi connectivity index (χ0) is 24.8. The molecular formula is C24H28FN5O2. The second-order valence-electron chi connectivity index (χ2n) is 8.78. The van der Waals surface area contributed by atoms with Gasteiger partial charge in [0.2, 0.25) is 0 Å². The molecule has 4 rings (SSSR count). The number of hydrogen-bond acceptors (Lipinski definition) is 5. The number of aliphatic hydroxyl groups is 1. The number of aryl methyl sites for hydroxylation is 2. The maximum absolute atomic E-state index is 14.6. The lowest BCUT2D eigenvalue weighted by Gasteiger charge is -2.26. The monoisotopic (exact) mass is 439 g/mol. The molecule has 3 N–H and O–H groups in total. The van der Waals surface area contributed by atoms with Crippen LogP contribution in [0.4, 0.5) is 10.2 Å². The van der Waals surface area contributed by atoms with E-state index in [1.165, 1.54) is 26.0 Å². The fourth-order valence-corrected chi connectivity index (χ4v) is 3.46. The summed E-state index contributed by atoms with van der Waals surface area (Å²) in [5, 5.41) is 20.0. The van der Waals surface area contributed by atoms with Crippen LogP contribution in [0.25, 0.3) is 22.3 Å². The predicted molar refractivity (Wildman–Crippen MR) is 122 cm³/mol. The van der Waals surface area contributed by atoms with Crippen LogP contribution in [-0.2, 0) is 7.05 Å². The maximum atomic E-state index is 14.6. The third-order valence-electron chi connectivity index (χ3n) is 5.40. The van der Waals surface area contributed by atoms with E-state index in [2.05, 4.69) is 20.7 Å². The number of pyridine rings is 1. The summed E-state index contributed by atoms with van der Waals surface area (Å²) in [5.41, 5.74) is 1.93. The number of halogens is 1. The van der Waals surface area contributed by atoms with Crippen molar-refractivity contribution < 1.29 is 17.0 Å². The Morgan fingerprint density at radius 3 is 2.66 bits per heavy atom. The van der Waals surface area contributed by atoms with Crippen LogP contribution in [-0.4, -0.2) is 43.9 Å². The van der Waals surface area contributed by atoms with Crippen LogP contribution in [0, 0.1) is 12.7 Å². The van der Waals surface area contributed by atoms with Gasteiger partial charge in [0, 0.05) is 42.2 Å². The number of anilines is 1. The van der Waals surface area contributed by atoms with Gasteiger partial charge in [-0.1, -0.05) is 0 Å². The number of hydrogen-bond donors (Lipinski definition) is 3. The summed E-state index contributed by atoms with van der Waals surface area (Å²) in [7, 11) is 1.78. The molecule has 3 aromatic rings. The molecule has 2 heterocycles. The van der Waals surface area contributed by atoms with E-state index in [-0.39, 0.29) is 11.6 Å². The first kappa shape index (κ1) is 19.4. The molecule has 8 heteroatoms. The Balaban J connectivity index is 1.80. The van der Waals surface area contributed by atoms with Crippen molar-refractivity contribution in [3.63, 3.8) is 0 Å². The maximum Gasteiger partial charge on any atom is 0.254 e. The predicted octanol–water partition coefficient (Wildman–Crippen LogP) is 3.67. The van der Waals surface area contributed by atoms with Crippen molar-refractivity contribution >= 4 is 11.7 Å². The van der Waals surface area contributed by atoms with Gasteiger partial charge >= 0.3 is 0 Å². The van der Waals surface area contributed by atoms with Crippen LogP contribution in [0.5, 0.6) is 0 Å². The van der Waals surface area contributed by atoms with E-state index in [0.29, 0.717) is 28.1 Å². The number of carbonyl (C=O) groups excluding carboxylic acids is 1. The number of rotatable bonds is 7. The van der Waals surface area contributed by atoms with E-state index >= 15 is 0 Å². The van der Waals surface area contributed by atoms with Gasteiger partial charge in [0.15, 0.2) is 0 Å². The summed E-state index contributed by atoms with van der Waals surface area (Å²) in [6.07, 6.45) is 6.83. The first-order valence-corrected chi connectivity index (χ1v) is 10.5. The van der Waals surface area contributed by atoms with E-state index in [0.717, 1.165) is 18.4 Å². The molecule has 2 aromatic heterocycles. The largest absolute Gasteiger partial charge is 0.394 e. The third kappa shape index (κ3) is 4.65. The second-order valence-corrected chi connectivity index (χ2v) is 8.78. The Labute approximate surface area is 189 Å². The minimum atomic E-state index is -2.52. The highest BCUT2D eigenvalue weighted by Crippen LogP contribution is 2.34. The van der Waals surface area contributed by atoms with Gasteiger partial charge in [-0.2, -0.15) is 5.10 Å². The zero-order valence-corrected chi connectivity index (χ0v) is 18.5. The zero-order valence-electron chi connectivity index (χ0n) is 20.5. The summed E-state index contributed by atoms with van der Waals surface area (Å²) in [6, 6.07) is 4.82. The Bertz CT molecular complexity index is 1250. The number of carbonyl (C=O) groups is 1. The minimum Gasteiger partial charge on any atom is -0.394 e. The molecule has 1 aromatic carbocycles. The number of benzene rings is 1. The number of amides is 1. The van der Waals surface area contributed by atoms with E-state index < -0.39 is 23.8 Å². The SMILES string of the molecule is [2H]C([2H])(O)C(C)(C)Nc1ncc(-c2cc(C(=O)NC3CC3)c(F)cc2C)cc1-c1cnn(C)c1. The highest BCUT2D eigenvalue weighted by molar-refractivity contribution is 5.96. The van der Waals surface area contributed by atoms with Crippen molar-refractivity contribution in [1.29, 1.82) is 0 Å². The highest BCUT2D eigenvalue weighted by Gasteiger charge is 2.26. The van der Waals surface area contributed by atoms with Crippen LogP contribution in [0.2, 0.25) is 0 Å². The molecule has 0 radical (unpaired) electrons. The van der Waals surface area contributed by atoms with Crippen LogP contribution in [0.15, 0.2) is 36.8 Å². The van der Waals surface area contributed by atoms with Crippen LogP contribution >= 0.6 is 0 Å². The number of nitrogens with one attached hydrogen (secondary N) is 2. The summed E-state index contributed by atoms with van der Waals surface area (Å²) < 4.78 is 31.7. The lowest BCUT2D eigenvalue weighted by molar-refractivity contribution is 0.0947. The Morgan fingerprint density at radius 1 is 1.28 bits per heavy atom. The molecule has 0 unspecified atom stereocenters. The lowest BCUT2D eigenvalue weighted by Crippen LogP contribution is -2.35. The normalized spacial score (nSPS) is 15.2. The standard InChI is InChI=1S/C24H28FN5O2/c1-14-7-21(25)20(23(32)28-17-5-6-17)9-18(14)15-8-19(16-11-27-30(4)12-16)22(26-10-15)29-24(2,3)13-31/h7-12,17,31H,5-6,13H2,1-4H3,(H,26,29)(H,28,32)/i13D2. The molecule has 0 atom stereocenters. The first-order chi connectivity index (χ1) is 15.9. The first-order valence-electron chi connectivity index (χ1n) is 11.5. The molecule has 0 bridgehead atoms. The molecule has 32 heavy (non-hydrogen) atoms. The topological polar surface area (TPSA) is 92.1 Å². The van der Waals surface area contributed by atoms with Gasteiger partial charge in [-0.05, 0) is 62.9 Å². The summed E-state index contributed by atoms with van der Waals surface area (Å²) in [4.78, 5) is 17.1. The van der Waals surface area contributed by atoms with Gasteiger partial charge in [-0.15, -0.1) is 0 Å². The lowest BCUT2D eigenvalue weighted by atomic mass is 9.96. The van der Waals surface area contributed by atoms with Gasteiger partial charge in [-0.3, -0.25) is 9.48 Å². The van der Waals surface area contributed by atoms with Gasteiger partial charge in [0.25, 0.3) is 5.91 Å². The van der Waals surface area contributed by atoms with Gasteiger partial charge in [-0.25, -0.2) is 9.37 Å². The average Bonchev–Trinajstić information content (AvgIpc) is 3.44. The number of aromatic nitrogens is 3. The molecule has 0 saturated heterocycles. The van der Waals surface area contributed by atoms with Crippen molar-refractivity contribution in [3.05, 3.63) is 53.7 Å². The van der Waals surface area contributed by atoms with Gasteiger partial charge in [0.1, 0.15) is 11.6 Å². The molecule has 1 amide bonds. The van der Waals surface area contributed by atoms with Crippen molar-refractivity contribution in [2.75, 3.05) is 11.9 Å². The molecule has 0 spiro atoms. The Hall–Kier alpha value is -3.26. The third-order valence-corrected chi connectivity index (χ3v) is 5.40. The van der Waals surface area contributed by atoms with Gasteiger partial charge < -0.3 is 15.7 Å². The molecule has 168 valence electrons. The van der Waals surface area contributed by atoms with Crippen molar-refractivity contribution in [1.82, 2.24) is 20.1 Å². The Kier molecular flexibility index (Phi) is 5.07. The van der Waals surface area contributed by atoms with E-state index in [1.54, 1.807) is 37.2 Å². The molecular weight excluding hydrogens is 409 g/mol. The van der Waals surface area contributed by atoms with Crippen LogP contribution in [0.3, 0.4) is 0 Å².